The van der Waals surface area contributed by atoms with Crippen LogP contribution in [0.4, 0.5) is 0 Å². The number of hydrogen-bond acceptors (Lipinski definition) is 13. The molecule has 0 saturated carbocycles. The lowest BCUT2D eigenvalue weighted by atomic mass is 9.96. The second kappa shape index (κ2) is 18.5. The summed E-state index contributed by atoms with van der Waals surface area (Å²) in [5.41, 5.74) is -2.40. The molecule has 1 aliphatic heterocycles. The van der Waals surface area contributed by atoms with E-state index in [0.717, 1.165) is 12.8 Å². The summed E-state index contributed by atoms with van der Waals surface area (Å²) < 4.78 is 44.2. The van der Waals surface area contributed by atoms with Gasteiger partial charge < -0.3 is 33.7 Å². The van der Waals surface area contributed by atoms with Crippen LogP contribution in [0.15, 0.2) is 11.1 Å². The van der Waals surface area contributed by atoms with E-state index in [1.165, 1.54) is 24.9 Å². The van der Waals surface area contributed by atoms with Crippen molar-refractivity contribution in [3.05, 3.63) is 16.8 Å². The molecule has 2 unspecified atom stereocenters. The summed E-state index contributed by atoms with van der Waals surface area (Å²) in [6.07, 6.45) is 0.489. The Morgan fingerprint density at radius 1 is 1.06 bits per heavy atom. The molecule has 50 heavy (non-hydrogen) atoms. The minimum Gasteiger partial charge on any atom is -0.479 e. The molecular weight excluding hydrogens is 675 g/mol. The minimum atomic E-state index is -4.35. The molecule has 18 heteroatoms. The van der Waals surface area contributed by atoms with Crippen LogP contribution in [0.3, 0.4) is 0 Å². The highest BCUT2D eigenvalue weighted by molar-refractivity contribution is 7.54. The van der Waals surface area contributed by atoms with Crippen molar-refractivity contribution in [3.63, 3.8) is 0 Å². The highest BCUT2D eigenvalue weighted by atomic mass is 31.2. The maximum atomic E-state index is 14.7. The van der Waals surface area contributed by atoms with Gasteiger partial charge in [0, 0.05) is 0 Å². The quantitative estimate of drug-likeness (QED) is 0.0707. The number of aromatic amines is 1. The predicted molar refractivity (Wildman–Crippen MR) is 183 cm³/mol. The average Bonchev–Trinajstić information content (AvgIpc) is 3.55. The second-order valence-corrected chi connectivity index (χ2v) is 15.5. The van der Waals surface area contributed by atoms with Crippen molar-refractivity contribution in [3.8, 4) is 5.88 Å². The second-order valence-electron chi connectivity index (χ2n) is 13.6. The van der Waals surface area contributed by atoms with Crippen molar-refractivity contribution in [2.45, 2.75) is 123 Å². The number of aliphatic hydroxyl groups excluding tert-OH is 1. The van der Waals surface area contributed by atoms with E-state index in [1.54, 1.807) is 0 Å². The standard InChI is InChI=1S/C32H55N6O11P/c1-9-11-13-46-28(40)21(15-19(3)4)36-50(44,37-22(16-20(5)6)29(41)47-14-12-10-2)48-17-23-25(39)32(7,43)30(49-23)38-18-33-24-26(38)34-31(42)35-27(24)45-8/h18-23,25,30,39,43H,9-17H2,1-8H3,(H,34,35,42)(H2,36,37,44)/t21-,22-,23+,25?,30+,32?/m0/s1. The Hall–Kier alpha value is -2.92. The van der Waals surface area contributed by atoms with Crippen molar-refractivity contribution >= 4 is 30.8 Å². The Kier molecular flexibility index (Phi) is 15.4. The van der Waals surface area contributed by atoms with Gasteiger partial charge in [-0.15, -0.1) is 0 Å². The Morgan fingerprint density at radius 3 is 2.08 bits per heavy atom. The molecule has 5 N–H and O–H groups in total. The Bertz CT molecular complexity index is 1470. The van der Waals surface area contributed by atoms with E-state index in [2.05, 4.69) is 25.1 Å². The van der Waals surface area contributed by atoms with E-state index in [1.807, 2.05) is 41.5 Å². The van der Waals surface area contributed by atoms with Crippen molar-refractivity contribution < 1.29 is 47.8 Å². The van der Waals surface area contributed by atoms with E-state index in [0.29, 0.717) is 12.8 Å². The minimum absolute atomic E-state index is 0.0220. The van der Waals surface area contributed by atoms with Gasteiger partial charge in [0.15, 0.2) is 11.7 Å². The Morgan fingerprint density at radius 2 is 1.60 bits per heavy atom. The van der Waals surface area contributed by atoms with Crippen molar-refractivity contribution in [1.29, 1.82) is 0 Å². The number of fused-ring (bicyclic) bond motifs is 1. The summed E-state index contributed by atoms with van der Waals surface area (Å²) in [5.74, 6) is -1.35. The highest BCUT2D eigenvalue weighted by Crippen LogP contribution is 2.45. The maximum absolute atomic E-state index is 14.7. The number of carbonyl (C=O) groups excluding carboxylic acids is 2. The van der Waals surface area contributed by atoms with Gasteiger partial charge in [0.2, 0.25) is 5.88 Å². The fourth-order valence-electron chi connectivity index (χ4n) is 5.50. The monoisotopic (exact) mass is 730 g/mol. The molecule has 1 fully saturated rings. The van der Waals surface area contributed by atoms with Crippen molar-refractivity contribution in [2.24, 2.45) is 11.8 Å². The molecule has 2 aromatic heterocycles. The van der Waals surface area contributed by atoms with Crippen molar-refractivity contribution in [1.82, 2.24) is 29.7 Å². The summed E-state index contributed by atoms with van der Waals surface area (Å²) >= 11 is 0. The summed E-state index contributed by atoms with van der Waals surface area (Å²) in [4.78, 5) is 49.2. The summed E-state index contributed by atoms with van der Waals surface area (Å²) in [6, 6.07) is -2.16. The zero-order valence-corrected chi connectivity index (χ0v) is 31.2. The lowest BCUT2D eigenvalue weighted by Crippen LogP contribution is -2.47. The number of nitrogens with zero attached hydrogens (tertiary/aromatic N) is 3. The molecule has 0 radical (unpaired) electrons. The number of imidazole rings is 1. The van der Waals surface area contributed by atoms with Crippen molar-refractivity contribution in [2.75, 3.05) is 26.9 Å². The number of ether oxygens (including phenoxy) is 4. The van der Waals surface area contributed by atoms with Crippen LogP contribution in [0.2, 0.25) is 0 Å². The van der Waals surface area contributed by atoms with Crippen LogP contribution in [0.5, 0.6) is 5.88 Å². The third kappa shape index (κ3) is 10.8. The number of methoxy groups -OCH3 is 1. The Labute approximate surface area is 292 Å². The van der Waals surface area contributed by atoms with E-state index in [4.69, 9.17) is 23.5 Å². The van der Waals surface area contributed by atoms with Crippen LogP contribution in [0, 0.1) is 11.8 Å². The zero-order chi connectivity index (χ0) is 37.2. The first-order valence-corrected chi connectivity index (χ1v) is 18.9. The Balaban J connectivity index is 1.94. The number of hydrogen-bond donors (Lipinski definition) is 5. The van der Waals surface area contributed by atoms with Crippen LogP contribution in [-0.4, -0.2) is 98.5 Å². The first-order valence-electron chi connectivity index (χ1n) is 17.3. The van der Waals surface area contributed by atoms with Gasteiger partial charge in [-0.3, -0.25) is 23.7 Å². The van der Waals surface area contributed by atoms with Crippen LogP contribution < -0.4 is 20.6 Å². The first kappa shape index (κ1) is 41.5. The number of esters is 2. The molecule has 0 aromatic carbocycles. The first-order chi connectivity index (χ1) is 23.6. The van der Waals surface area contributed by atoms with Gasteiger partial charge in [0.05, 0.1) is 33.3 Å². The van der Waals surface area contributed by atoms with Gasteiger partial charge in [-0.1, -0.05) is 54.4 Å². The van der Waals surface area contributed by atoms with Gasteiger partial charge in [0.1, 0.15) is 35.5 Å². The fraction of sp³-hybridized carbons (Fsp3) is 0.781. The van der Waals surface area contributed by atoms with E-state index in [9.17, 15) is 29.2 Å². The fourth-order valence-corrected chi connectivity index (χ4v) is 7.32. The number of aromatic nitrogens is 4. The van der Waals surface area contributed by atoms with Crippen LogP contribution in [-0.2, 0) is 32.9 Å². The van der Waals surface area contributed by atoms with E-state index < -0.39 is 68.0 Å². The van der Waals surface area contributed by atoms with Crippen LogP contribution >= 0.6 is 7.67 Å². The molecule has 284 valence electrons. The molecular formula is C32H55N6O11P. The topological polar surface area (TPSA) is 225 Å². The normalized spacial score (nSPS) is 22.3. The molecule has 6 atom stereocenters. The van der Waals surface area contributed by atoms with Gasteiger partial charge in [-0.05, 0) is 44.4 Å². The summed E-state index contributed by atoms with van der Waals surface area (Å²) in [5, 5.41) is 28.3. The SMILES string of the molecule is CCCCOC(=O)[C@H](CC(C)C)NP(=O)(N[C@@H](CC(C)C)C(=O)OCCCC)OC[C@H]1O[C@@H](n2cnc3c(OC)nc(=O)[nH]c32)C(C)(O)C1O. The van der Waals surface area contributed by atoms with Gasteiger partial charge in [-0.25, -0.2) is 20.0 Å². The predicted octanol–water partition coefficient (Wildman–Crippen LogP) is 2.96. The molecule has 3 rings (SSSR count). The largest absolute Gasteiger partial charge is 0.479 e. The molecule has 17 nitrogen and oxygen atoms in total. The summed E-state index contributed by atoms with van der Waals surface area (Å²) in [7, 11) is -3.03. The van der Waals surface area contributed by atoms with Gasteiger partial charge in [0.25, 0.3) is 0 Å². The number of rotatable bonds is 21. The lowest BCUT2D eigenvalue weighted by Gasteiger charge is -2.30. The molecule has 1 saturated heterocycles. The number of aliphatic hydroxyl groups is 2. The van der Waals surface area contributed by atoms with E-state index in [-0.39, 0.29) is 54.9 Å². The van der Waals surface area contributed by atoms with Crippen LogP contribution in [0.1, 0.15) is 93.2 Å². The van der Waals surface area contributed by atoms with Crippen LogP contribution in [0.25, 0.3) is 11.2 Å². The van der Waals surface area contributed by atoms with E-state index >= 15 is 0 Å². The van der Waals surface area contributed by atoms with Gasteiger partial charge >= 0.3 is 25.3 Å². The number of carbonyl (C=O) groups is 2. The molecule has 0 bridgehead atoms. The average molecular weight is 731 g/mol. The smallest absolute Gasteiger partial charge is 0.349 e. The van der Waals surface area contributed by atoms with Gasteiger partial charge in [-0.2, -0.15) is 4.98 Å². The third-order valence-electron chi connectivity index (χ3n) is 8.17. The summed E-state index contributed by atoms with van der Waals surface area (Å²) in [6.45, 7) is 12.6. The number of unbranched alkanes of at least 4 members (excludes halogenated alkanes) is 2. The third-order valence-corrected chi connectivity index (χ3v) is 9.98. The molecule has 3 heterocycles. The number of nitrogens with one attached hydrogen (secondary N) is 3. The highest BCUT2D eigenvalue weighted by Gasteiger charge is 2.54. The molecule has 0 aliphatic carbocycles. The lowest BCUT2D eigenvalue weighted by molar-refractivity contribution is -0.146. The molecule has 2 aromatic rings. The zero-order valence-electron chi connectivity index (χ0n) is 30.3. The number of H-pyrrole nitrogens is 1. The molecule has 0 amide bonds. The molecule has 0 spiro atoms. The molecule has 1 aliphatic rings. The maximum Gasteiger partial charge on any atom is 0.349 e.